The first-order chi connectivity index (χ1) is 7.15. The maximum Gasteiger partial charge on any atom is 0.373 e. The maximum absolute atomic E-state index is 11.1. The van der Waals surface area contributed by atoms with E-state index in [9.17, 15) is 9.59 Å². The van der Waals surface area contributed by atoms with Gasteiger partial charge in [-0.25, -0.2) is 9.59 Å². The molecule has 86 valence electrons. The Hall–Kier alpha value is -1.52. The van der Waals surface area contributed by atoms with E-state index in [-0.39, 0.29) is 5.76 Å². The monoisotopic (exact) mass is 216 g/mol. The van der Waals surface area contributed by atoms with Crippen LogP contribution in [0.4, 0.5) is 0 Å². The second-order valence-corrected chi connectivity index (χ2v) is 2.73. The Morgan fingerprint density at radius 3 is 2.33 bits per heavy atom. The third-order valence-corrected chi connectivity index (χ3v) is 1.59. The minimum Gasteiger partial charge on any atom is -0.486 e. The SMILES string of the molecule is CCCCO/C(=C/C(=O)OC)C(=O)OC. The summed E-state index contributed by atoms with van der Waals surface area (Å²) in [5, 5.41) is 0. The van der Waals surface area contributed by atoms with E-state index in [2.05, 4.69) is 9.47 Å². The van der Waals surface area contributed by atoms with Gasteiger partial charge < -0.3 is 14.2 Å². The lowest BCUT2D eigenvalue weighted by atomic mass is 10.3. The highest BCUT2D eigenvalue weighted by atomic mass is 16.6. The molecule has 0 saturated carbocycles. The Balaban J connectivity index is 4.37. The number of methoxy groups -OCH3 is 2. The lowest BCUT2D eigenvalue weighted by Gasteiger charge is -2.07. The van der Waals surface area contributed by atoms with Crippen LogP contribution >= 0.6 is 0 Å². The molecule has 0 spiro atoms. The summed E-state index contributed by atoms with van der Waals surface area (Å²) in [6.07, 6.45) is 2.71. The van der Waals surface area contributed by atoms with Gasteiger partial charge in [-0.3, -0.25) is 0 Å². The van der Waals surface area contributed by atoms with Gasteiger partial charge in [0.05, 0.1) is 26.9 Å². The van der Waals surface area contributed by atoms with Crippen LogP contribution in [0.25, 0.3) is 0 Å². The van der Waals surface area contributed by atoms with Crippen LogP contribution < -0.4 is 0 Å². The van der Waals surface area contributed by atoms with Crippen molar-refractivity contribution in [1.29, 1.82) is 0 Å². The van der Waals surface area contributed by atoms with Gasteiger partial charge in [0.1, 0.15) is 0 Å². The van der Waals surface area contributed by atoms with Crippen molar-refractivity contribution >= 4 is 11.9 Å². The second-order valence-electron chi connectivity index (χ2n) is 2.73. The van der Waals surface area contributed by atoms with Crippen molar-refractivity contribution in [2.45, 2.75) is 19.8 Å². The number of esters is 2. The molecule has 0 fully saturated rings. The molecule has 5 nitrogen and oxygen atoms in total. The molecule has 0 aromatic carbocycles. The fourth-order valence-electron chi connectivity index (χ4n) is 0.753. The summed E-state index contributed by atoms with van der Waals surface area (Å²) in [5.41, 5.74) is 0. The average Bonchev–Trinajstić information content (AvgIpc) is 2.26. The summed E-state index contributed by atoms with van der Waals surface area (Å²) in [4.78, 5) is 22.0. The molecule has 0 aliphatic rings. The molecular weight excluding hydrogens is 200 g/mol. The molecule has 0 radical (unpaired) electrons. The van der Waals surface area contributed by atoms with E-state index in [4.69, 9.17) is 4.74 Å². The van der Waals surface area contributed by atoms with Gasteiger partial charge in [0.2, 0.25) is 5.76 Å². The first-order valence-corrected chi connectivity index (χ1v) is 4.66. The van der Waals surface area contributed by atoms with Crippen molar-refractivity contribution in [3.63, 3.8) is 0 Å². The van der Waals surface area contributed by atoms with Crippen LogP contribution in [0.15, 0.2) is 11.8 Å². The van der Waals surface area contributed by atoms with E-state index in [1.807, 2.05) is 6.92 Å². The zero-order valence-electron chi connectivity index (χ0n) is 9.24. The summed E-state index contributed by atoms with van der Waals surface area (Å²) >= 11 is 0. The number of hydrogen-bond acceptors (Lipinski definition) is 5. The molecule has 0 N–H and O–H groups in total. The van der Waals surface area contributed by atoms with E-state index >= 15 is 0 Å². The van der Waals surface area contributed by atoms with Crippen molar-refractivity contribution in [3.05, 3.63) is 11.8 Å². The fraction of sp³-hybridized carbons (Fsp3) is 0.600. The molecule has 0 atom stereocenters. The standard InChI is InChI=1S/C10H16O5/c1-4-5-6-15-8(10(12)14-3)7-9(11)13-2/h7H,4-6H2,1-3H3/b8-7+. The molecule has 15 heavy (non-hydrogen) atoms. The molecule has 0 unspecified atom stereocenters. The number of rotatable bonds is 6. The molecule has 0 rings (SSSR count). The zero-order valence-corrected chi connectivity index (χ0v) is 9.24. The smallest absolute Gasteiger partial charge is 0.373 e. The largest absolute Gasteiger partial charge is 0.486 e. The Kier molecular flexibility index (Phi) is 7.05. The van der Waals surface area contributed by atoms with E-state index in [0.717, 1.165) is 18.9 Å². The fourth-order valence-corrected chi connectivity index (χ4v) is 0.753. The number of hydrogen-bond donors (Lipinski definition) is 0. The van der Waals surface area contributed by atoms with Crippen molar-refractivity contribution in [3.8, 4) is 0 Å². The third kappa shape index (κ3) is 5.72. The molecule has 0 amide bonds. The second kappa shape index (κ2) is 7.84. The van der Waals surface area contributed by atoms with Crippen LogP contribution in [0, 0.1) is 0 Å². The van der Waals surface area contributed by atoms with E-state index in [1.54, 1.807) is 0 Å². The third-order valence-electron chi connectivity index (χ3n) is 1.59. The molecule has 0 bridgehead atoms. The van der Waals surface area contributed by atoms with Crippen molar-refractivity contribution in [2.75, 3.05) is 20.8 Å². The van der Waals surface area contributed by atoms with Crippen molar-refractivity contribution < 1.29 is 23.8 Å². The van der Waals surface area contributed by atoms with E-state index in [1.165, 1.54) is 14.2 Å². The Morgan fingerprint density at radius 2 is 1.87 bits per heavy atom. The number of carbonyl (C=O) groups excluding carboxylic acids is 2. The number of ether oxygens (including phenoxy) is 3. The van der Waals surface area contributed by atoms with Crippen LogP contribution in [0.5, 0.6) is 0 Å². The van der Waals surface area contributed by atoms with Crippen LogP contribution in [0.2, 0.25) is 0 Å². The van der Waals surface area contributed by atoms with Gasteiger partial charge in [0, 0.05) is 0 Å². The lowest BCUT2D eigenvalue weighted by Crippen LogP contribution is -2.11. The molecule has 0 aromatic rings. The molecule has 0 heterocycles. The number of carbonyl (C=O) groups is 2. The van der Waals surface area contributed by atoms with Gasteiger partial charge in [0.25, 0.3) is 0 Å². The predicted octanol–water partition coefficient (Wildman–Crippen LogP) is 1.03. The number of unbranched alkanes of at least 4 members (excludes halogenated alkanes) is 1. The van der Waals surface area contributed by atoms with E-state index in [0.29, 0.717) is 6.61 Å². The van der Waals surface area contributed by atoms with Gasteiger partial charge >= 0.3 is 11.9 Å². The minimum absolute atomic E-state index is 0.127. The molecule has 5 heteroatoms. The van der Waals surface area contributed by atoms with Crippen LogP contribution in [0.1, 0.15) is 19.8 Å². The molecule has 0 aliphatic heterocycles. The summed E-state index contributed by atoms with van der Waals surface area (Å²) < 4.78 is 13.9. The topological polar surface area (TPSA) is 61.8 Å². The van der Waals surface area contributed by atoms with Gasteiger partial charge in [-0.1, -0.05) is 13.3 Å². The Morgan fingerprint density at radius 1 is 1.20 bits per heavy atom. The Labute approximate surface area is 89.0 Å². The summed E-state index contributed by atoms with van der Waals surface area (Å²) in [5.74, 6) is -1.46. The molecule has 0 aliphatic carbocycles. The zero-order chi connectivity index (χ0) is 11.7. The summed E-state index contributed by atoms with van der Waals surface area (Å²) in [6, 6.07) is 0. The lowest BCUT2D eigenvalue weighted by molar-refractivity contribution is -0.142. The van der Waals surface area contributed by atoms with Crippen molar-refractivity contribution in [2.24, 2.45) is 0 Å². The highest BCUT2D eigenvalue weighted by Crippen LogP contribution is 2.03. The van der Waals surface area contributed by atoms with Crippen LogP contribution in [0.3, 0.4) is 0 Å². The van der Waals surface area contributed by atoms with E-state index < -0.39 is 11.9 Å². The summed E-state index contributed by atoms with van der Waals surface area (Å²) in [7, 11) is 2.44. The van der Waals surface area contributed by atoms with Gasteiger partial charge in [0.15, 0.2) is 0 Å². The summed E-state index contributed by atoms with van der Waals surface area (Å²) in [6.45, 7) is 2.36. The average molecular weight is 216 g/mol. The first kappa shape index (κ1) is 13.5. The van der Waals surface area contributed by atoms with Gasteiger partial charge in [-0.2, -0.15) is 0 Å². The molecular formula is C10H16O5. The molecule has 0 aromatic heterocycles. The predicted molar refractivity (Wildman–Crippen MR) is 53.0 cm³/mol. The Bertz CT molecular complexity index is 244. The van der Waals surface area contributed by atoms with Crippen LogP contribution in [-0.4, -0.2) is 32.8 Å². The first-order valence-electron chi connectivity index (χ1n) is 4.66. The quantitative estimate of drug-likeness (QED) is 0.287. The normalized spacial score (nSPS) is 10.7. The van der Waals surface area contributed by atoms with Crippen molar-refractivity contribution in [1.82, 2.24) is 0 Å². The maximum atomic E-state index is 11.1. The van der Waals surface area contributed by atoms with Crippen LogP contribution in [-0.2, 0) is 23.8 Å². The highest BCUT2D eigenvalue weighted by molar-refractivity contribution is 5.94. The highest BCUT2D eigenvalue weighted by Gasteiger charge is 2.13. The van der Waals surface area contributed by atoms with Gasteiger partial charge in [-0.05, 0) is 6.42 Å². The van der Waals surface area contributed by atoms with Gasteiger partial charge in [-0.15, -0.1) is 0 Å². The molecule has 0 saturated heterocycles. The minimum atomic E-state index is -0.684.